The van der Waals surface area contributed by atoms with Gasteiger partial charge in [-0.3, -0.25) is 4.79 Å². The SMILES string of the molecule is CC(C)=CCn1c(C(=O)NCc2cccc(C(F)(F)F)c2)cc2sccc21. The number of nitrogens with one attached hydrogen (secondary N) is 1. The number of carbonyl (C=O) groups is 1. The van der Waals surface area contributed by atoms with Gasteiger partial charge in [-0.25, -0.2) is 0 Å². The van der Waals surface area contributed by atoms with E-state index < -0.39 is 11.7 Å². The van der Waals surface area contributed by atoms with Crippen molar-refractivity contribution in [2.75, 3.05) is 0 Å². The molecule has 1 N–H and O–H groups in total. The Bertz CT molecular complexity index is 994. The number of hydrogen-bond acceptors (Lipinski definition) is 2. The van der Waals surface area contributed by atoms with Crippen LogP contribution in [0.25, 0.3) is 10.2 Å². The molecular formula is C20H19F3N2OS. The Kier molecular flexibility index (Phi) is 5.41. The highest BCUT2D eigenvalue weighted by atomic mass is 32.1. The summed E-state index contributed by atoms with van der Waals surface area (Å²) in [6.07, 6.45) is -2.37. The number of hydrogen-bond donors (Lipinski definition) is 1. The predicted octanol–water partition coefficient (Wildman–Crippen LogP) is 5.62. The number of fused-ring (bicyclic) bond motifs is 1. The summed E-state index contributed by atoms with van der Waals surface area (Å²) in [4.78, 5) is 12.7. The molecule has 0 saturated heterocycles. The van der Waals surface area contributed by atoms with Crippen LogP contribution in [0.15, 0.2) is 53.4 Å². The molecule has 0 spiro atoms. The number of thiophene rings is 1. The standard InChI is InChI=1S/C20H19F3N2OS/c1-13(2)6-8-25-16-7-9-27-18(16)11-17(25)19(26)24-12-14-4-3-5-15(10-14)20(21,22)23/h3-7,9-11H,8,12H2,1-2H3,(H,24,26). The molecule has 0 radical (unpaired) electrons. The van der Waals surface area contributed by atoms with Gasteiger partial charge in [-0.05, 0) is 49.1 Å². The second kappa shape index (κ2) is 7.60. The van der Waals surface area contributed by atoms with Crippen molar-refractivity contribution >= 4 is 27.5 Å². The number of amides is 1. The van der Waals surface area contributed by atoms with Gasteiger partial charge in [-0.15, -0.1) is 11.3 Å². The number of nitrogens with zero attached hydrogens (tertiary/aromatic N) is 1. The zero-order valence-corrected chi connectivity index (χ0v) is 15.7. The molecule has 3 nitrogen and oxygen atoms in total. The summed E-state index contributed by atoms with van der Waals surface area (Å²) in [6.45, 7) is 4.57. The van der Waals surface area contributed by atoms with Crippen LogP contribution in [0.1, 0.15) is 35.5 Å². The Labute approximate surface area is 159 Å². The van der Waals surface area contributed by atoms with Gasteiger partial charge < -0.3 is 9.88 Å². The van der Waals surface area contributed by atoms with Crippen molar-refractivity contribution < 1.29 is 18.0 Å². The van der Waals surface area contributed by atoms with Crippen LogP contribution in [-0.2, 0) is 19.3 Å². The largest absolute Gasteiger partial charge is 0.416 e. The minimum Gasteiger partial charge on any atom is -0.347 e. The Morgan fingerprint density at radius 3 is 2.70 bits per heavy atom. The van der Waals surface area contributed by atoms with E-state index in [1.54, 1.807) is 17.4 Å². The van der Waals surface area contributed by atoms with Crippen LogP contribution < -0.4 is 5.32 Å². The molecule has 0 bridgehead atoms. The molecule has 2 aromatic heterocycles. The summed E-state index contributed by atoms with van der Waals surface area (Å²) in [5.41, 5.74) is 2.30. The second-order valence-electron chi connectivity index (χ2n) is 6.47. The number of aromatic nitrogens is 1. The monoisotopic (exact) mass is 392 g/mol. The van der Waals surface area contributed by atoms with Crippen LogP contribution in [0.2, 0.25) is 0 Å². The third kappa shape index (κ3) is 4.42. The van der Waals surface area contributed by atoms with E-state index in [4.69, 9.17) is 0 Å². The van der Waals surface area contributed by atoms with Crippen molar-refractivity contribution in [1.82, 2.24) is 9.88 Å². The van der Waals surface area contributed by atoms with E-state index in [0.29, 0.717) is 17.8 Å². The van der Waals surface area contributed by atoms with Crippen LogP contribution in [0.5, 0.6) is 0 Å². The van der Waals surface area contributed by atoms with E-state index in [1.165, 1.54) is 6.07 Å². The summed E-state index contributed by atoms with van der Waals surface area (Å²) >= 11 is 1.55. The van der Waals surface area contributed by atoms with E-state index in [0.717, 1.165) is 27.9 Å². The molecule has 0 atom stereocenters. The first-order valence-electron chi connectivity index (χ1n) is 8.40. The van der Waals surface area contributed by atoms with E-state index in [9.17, 15) is 18.0 Å². The average Bonchev–Trinajstić information content (AvgIpc) is 3.18. The fourth-order valence-electron chi connectivity index (χ4n) is 2.77. The van der Waals surface area contributed by atoms with Crippen molar-refractivity contribution in [2.45, 2.75) is 33.1 Å². The van der Waals surface area contributed by atoms with Crippen molar-refractivity contribution in [1.29, 1.82) is 0 Å². The van der Waals surface area contributed by atoms with E-state index in [1.807, 2.05) is 42.0 Å². The van der Waals surface area contributed by atoms with Crippen LogP contribution in [0.3, 0.4) is 0 Å². The van der Waals surface area contributed by atoms with Crippen molar-refractivity contribution in [3.63, 3.8) is 0 Å². The third-order valence-electron chi connectivity index (χ3n) is 4.14. The Morgan fingerprint density at radius 1 is 1.22 bits per heavy atom. The van der Waals surface area contributed by atoms with Gasteiger partial charge in [-0.1, -0.05) is 23.8 Å². The normalized spacial score (nSPS) is 11.6. The highest BCUT2D eigenvalue weighted by molar-refractivity contribution is 7.17. The predicted molar refractivity (Wildman–Crippen MR) is 102 cm³/mol. The zero-order chi connectivity index (χ0) is 19.6. The molecule has 3 rings (SSSR count). The minimum atomic E-state index is -4.40. The molecule has 0 unspecified atom stereocenters. The van der Waals surface area contributed by atoms with Gasteiger partial charge in [0, 0.05) is 13.1 Å². The van der Waals surface area contributed by atoms with Crippen molar-refractivity contribution in [3.8, 4) is 0 Å². The van der Waals surface area contributed by atoms with E-state index in [-0.39, 0.29) is 12.5 Å². The average molecular weight is 392 g/mol. The molecular weight excluding hydrogens is 373 g/mol. The van der Waals surface area contributed by atoms with Crippen molar-refractivity contribution in [2.24, 2.45) is 0 Å². The lowest BCUT2D eigenvalue weighted by Crippen LogP contribution is -2.25. The molecule has 1 amide bonds. The van der Waals surface area contributed by atoms with Crippen LogP contribution in [-0.4, -0.2) is 10.5 Å². The highest BCUT2D eigenvalue weighted by Gasteiger charge is 2.30. The number of halogens is 3. The number of carbonyl (C=O) groups excluding carboxylic acids is 1. The molecule has 0 saturated carbocycles. The van der Waals surface area contributed by atoms with Gasteiger partial charge in [0.1, 0.15) is 5.69 Å². The second-order valence-corrected chi connectivity index (χ2v) is 7.42. The molecule has 1 aromatic carbocycles. The number of alkyl halides is 3. The molecule has 2 heterocycles. The smallest absolute Gasteiger partial charge is 0.347 e. The van der Waals surface area contributed by atoms with E-state index in [2.05, 4.69) is 5.32 Å². The van der Waals surface area contributed by atoms with Gasteiger partial charge in [0.05, 0.1) is 15.8 Å². The van der Waals surface area contributed by atoms with Gasteiger partial charge in [0.25, 0.3) is 5.91 Å². The molecule has 7 heteroatoms. The number of allylic oxidation sites excluding steroid dienone is 2. The lowest BCUT2D eigenvalue weighted by atomic mass is 10.1. The minimum absolute atomic E-state index is 0.0320. The van der Waals surface area contributed by atoms with Crippen LogP contribution >= 0.6 is 11.3 Å². The summed E-state index contributed by atoms with van der Waals surface area (Å²) in [5, 5.41) is 4.70. The fraction of sp³-hybridized carbons (Fsp3) is 0.250. The molecule has 0 aliphatic rings. The van der Waals surface area contributed by atoms with Crippen LogP contribution in [0.4, 0.5) is 13.2 Å². The maximum absolute atomic E-state index is 12.8. The molecule has 0 aliphatic carbocycles. The van der Waals surface area contributed by atoms with Crippen molar-refractivity contribution in [3.05, 3.63) is 70.2 Å². The Morgan fingerprint density at radius 2 is 2.00 bits per heavy atom. The number of rotatable bonds is 5. The number of benzene rings is 1. The lowest BCUT2D eigenvalue weighted by Gasteiger charge is -2.11. The molecule has 0 fully saturated rings. The van der Waals surface area contributed by atoms with E-state index >= 15 is 0 Å². The fourth-order valence-corrected chi connectivity index (χ4v) is 3.59. The summed E-state index contributed by atoms with van der Waals surface area (Å²) in [7, 11) is 0. The Balaban J connectivity index is 1.80. The molecule has 3 aromatic rings. The molecule has 142 valence electrons. The van der Waals surface area contributed by atoms with Gasteiger partial charge in [0.15, 0.2) is 0 Å². The zero-order valence-electron chi connectivity index (χ0n) is 14.9. The topological polar surface area (TPSA) is 34.0 Å². The summed E-state index contributed by atoms with van der Waals surface area (Å²) in [6, 6.07) is 8.77. The third-order valence-corrected chi connectivity index (χ3v) is 5.00. The van der Waals surface area contributed by atoms with Gasteiger partial charge in [0.2, 0.25) is 0 Å². The lowest BCUT2D eigenvalue weighted by molar-refractivity contribution is -0.137. The first kappa shape index (κ1) is 19.2. The highest BCUT2D eigenvalue weighted by Crippen LogP contribution is 2.29. The van der Waals surface area contributed by atoms with Gasteiger partial charge in [-0.2, -0.15) is 13.2 Å². The first-order chi connectivity index (χ1) is 12.8. The quantitative estimate of drug-likeness (QED) is 0.562. The molecule has 27 heavy (non-hydrogen) atoms. The maximum Gasteiger partial charge on any atom is 0.416 e. The summed E-state index contributed by atoms with van der Waals surface area (Å²) < 4.78 is 41.4. The first-order valence-corrected chi connectivity index (χ1v) is 9.28. The Hall–Kier alpha value is -2.54. The van der Waals surface area contributed by atoms with Gasteiger partial charge >= 0.3 is 6.18 Å². The molecule has 0 aliphatic heterocycles. The van der Waals surface area contributed by atoms with Crippen LogP contribution in [0, 0.1) is 0 Å². The maximum atomic E-state index is 12.8. The summed E-state index contributed by atoms with van der Waals surface area (Å²) in [5.74, 6) is -0.307.